The first-order chi connectivity index (χ1) is 13.4. The maximum absolute atomic E-state index is 12.8. The van der Waals surface area contributed by atoms with Crippen molar-refractivity contribution in [2.75, 3.05) is 0 Å². The van der Waals surface area contributed by atoms with Gasteiger partial charge in [0.05, 0.1) is 11.7 Å². The molecule has 28 heavy (non-hydrogen) atoms. The molecule has 0 bridgehead atoms. The molecule has 7 heteroatoms. The number of ether oxygens (including phenoxy) is 2. The van der Waals surface area contributed by atoms with Crippen molar-refractivity contribution >= 4 is 5.97 Å². The normalized spacial score (nSPS) is 15.6. The lowest BCUT2D eigenvalue weighted by molar-refractivity contribution is 0.0224. The summed E-state index contributed by atoms with van der Waals surface area (Å²) in [5.74, 6) is 0.159. The average molecular weight is 376 g/mol. The van der Waals surface area contributed by atoms with Crippen molar-refractivity contribution in [1.82, 2.24) is 0 Å². The van der Waals surface area contributed by atoms with Crippen molar-refractivity contribution in [3.8, 4) is 23.0 Å². The minimum Gasteiger partial charge on any atom is -0.508 e. The Balaban J connectivity index is 1.85. The van der Waals surface area contributed by atoms with Crippen LogP contribution in [0.2, 0.25) is 0 Å². The van der Waals surface area contributed by atoms with Crippen LogP contribution in [0.4, 0.5) is 0 Å². The molecule has 0 radical (unpaired) electrons. The number of phenols is 2. The topological polar surface area (TPSA) is 128 Å². The van der Waals surface area contributed by atoms with E-state index >= 15 is 0 Å². The summed E-state index contributed by atoms with van der Waals surface area (Å²) in [4.78, 5) is 12.8. The summed E-state index contributed by atoms with van der Waals surface area (Å²) >= 11 is 0. The molecule has 3 aromatic carbocycles. The summed E-state index contributed by atoms with van der Waals surface area (Å²) in [5, 5.41) is 19.8. The number of carbonyl (C=O) groups is 1. The molecular weight excluding hydrogens is 360 g/mol. The molecule has 1 spiro atoms. The van der Waals surface area contributed by atoms with Crippen molar-refractivity contribution in [2.45, 2.75) is 11.8 Å². The number of phenolic OH excluding ortho intramolecular Hbond substituents is 2. The quantitative estimate of drug-likeness (QED) is 0.379. The van der Waals surface area contributed by atoms with E-state index in [-0.39, 0.29) is 11.5 Å². The van der Waals surface area contributed by atoms with Crippen molar-refractivity contribution in [1.29, 1.82) is 0 Å². The van der Waals surface area contributed by atoms with Gasteiger partial charge in [0.25, 0.3) is 0 Å². The first-order valence-electron chi connectivity index (χ1n) is 8.64. The van der Waals surface area contributed by atoms with Crippen LogP contribution in [-0.2, 0) is 10.3 Å². The van der Waals surface area contributed by atoms with E-state index in [1.165, 1.54) is 24.3 Å². The van der Waals surface area contributed by atoms with Gasteiger partial charge in [-0.25, -0.2) is 4.79 Å². The molecule has 5 rings (SSSR count). The van der Waals surface area contributed by atoms with Crippen LogP contribution in [0.1, 0.15) is 38.8 Å². The van der Waals surface area contributed by atoms with Crippen LogP contribution in [0.3, 0.4) is 0 Å². The summed E-state index contributed by atoms with van der Waals surface area (Å²) in [7, 11) is 0. The average Bonchev–Trinajstić information content (AvgIpc) is 2.94. The second kappa shape index (κ2) is 5.48. The van der Waals surface area contributed by atoms with Gasteiger partial charge in [-0.2, -0.15) is 0 Å². The molecule has 0 saturated heterocycles. The highest BCUT2D eigenvalue weighted by molar-refractivity contribution is 5.97. The number of fused-ring (bicyclic) bond motifs is 6. The number of hydrogen-bond acceptors (Lipinski definition) is 7. The molecule has 140 valence electrons. The number of carbonyl (C=O) groups excluding carboxylic acids is 1. The smallest absolute Gasteiger partial charge is 0.340 e. The number of nitrogens with two attached hydrogens (primary N) is 2. The summed E-state index contributed by atoms with van der Waals surface area (Å²) in [6, 6.07) is 14.4. The van der Waals surface area contributed by atoms with Crippen LogP contribution in [0, 0.1) is 0 Å². The lowest BCUT2D eigenvalue weighted by Crippen LogP contribution is -2.33. The molecule has 0 fully saturated rings. The van der Waals surface area contributed by atoms with Crippen molar-refractivity contribution in [2.24, 2.45) is 11.5 Å². The van der Waals surface area contributed by atoms with E-state index in [9.17, 15) is 15.0 Å². The third-order valence-electron chi connectivity index (χ3n) is 5.18. The predicted molar refractivity (Wildman–Crippen MR) is 99.1 cm³/mol. The zero-order valence-corrected chi connectivity index (χ0v) is 14.5. The van der Waals surface area contributed by atoms with Crippen LogP contribution in [0.25, 0.3) is 0 Å². The van der Waals surface area contributed by atoms with Gasteiger partial charge in [0.15, 0.2) is 5.60 Å². The molecule has 3 aromatic rings. The van der Waals surface area contributed by atoms with Gasteiger partial charge in [0.2, 0.25) is 0 Å². The number of benzene rings is 3. The van der Waals surface area contributed by atoms with Gasteiger partial charge in [-0.3, -0.25) is 0 Å². The van der Waals surface area contributed by atoms with Crippen LogP contribution in [-0.4, -0.2) is 16.2 Å². The van der Waals surface area contributed by atoms with Crippen LogP contribution in [0.5, 0.6) is 23.0 Å². The van der Waals surface area contributed by atoms with E-state index in [2.05, 4.69) is 0 Å². The van der Waals surface area contributed by atoms with Gasteiger partial charge >= 0.3 is 5.97 Å². The van der Waals surface area contributed by atoms with E-state index in [4.69, 9.17) is 20.9 Å². The highest BCUT2D eigenvalue weighted by Gasteiger charge is 2.53. The van der Waals surface area contributed by atoms with Crippen LogP contribution >= 0.6 is 0 Å². The SMILES string of the molecule is NC(N)c1ccc2c(c1)C(=O)OC21c2ccc(O)cc2Oc2cc(O)ccc21. The summed E-state index contributed by atoms with van der Waals surface area (Å²) in [5.41, 5.74) is 13.0. The second-order valence-corrected chi connectivity index (χ2v) is 6.86. The van der Waals surface area contributed by atoms with Crippen LogP contribution in [0.15, 0.2) is 54.6 Å². The number of hydrogen-bond donors (Lipinski definition) is 4. The van der Waals surface area contributed by atoms with E-state index in [1.807, 2.05) is 0 Å². The fraction of sp³-hybridized carbons (Fsp3) is 0.0952. The fourth-order valence-electron chi connectivity index (χ4n) is 3.93. The minimum atomic E-state index is -1.27. The lowest BCUT2D eigenvalue weighted by atomic mass is 9.77. The summed E-state index contributed by atoms with van der Waals surface area (Å²) in [6.07, 6.45) is -0.724. The molecule has 7 nitrogen and oxygen atoms in total. The molecule has 6 N–H and O–H groups in total. The monoisotopic (exact) mass is 376 g/mol. The van der Waals surface area contributed by atoms with Gasteiger partial charge in [-0.1, -0.05) is 12.1 Å². The zero-order valence-electron chi connectivity index (χ0n) is 14.5. The van der Waals surface area contributed by atoms with Crippen LogP contribution < -0.4 is 16.2 Å². The standard InChI is InChI=1S/C21H16N2O5/c22-19(23)10-1-4-14-13(7-10)20(26)28-21(14)15-5-2-11(24)8-17(15)27-18-9-12(25)3-6-16(18)21/h1-9,19,24-25H,22-23H2. The Bertz CT molecular complexity index is 1100. The molecule has 0 aromatic heterocycles. The zero-order chi connectivity index (χ0) is 19.6. The lowest BCUT2D eigenvalue weighted by Gasteiger charge is -2.36. The maximum Gasteiger partial charge on any atom is 0.340 e. The Hall–Kier alpha value is -3.55. The highest BCUT2D eigenvalue weighted by atomic mass is 16.6. The molecular formula is C21H16N2O5. The second-order valence-electron chi connectivity index (χ2n) is 6.86. The molecule has 0 unspecified atom stereocenters. The van der Waals surface area contributed by atoms with Gasteiger partial charge in [0.1, 0.15) is 23.0 Å². The Kier molecular flexibility index (Phi) is 3.25. The van der Waals surface area contributed by atoms with Crippen molar-refractivity contribution < 1.29 is 24.5 Å². The largest absolute Gasteiger partial charge is 0.508 e. The van der Waals surface area contributed by atoms with E-state index in [1.54, 1.807) is 30.3 Å². The molecule has 0 aliphatic carbocycles. The molecule has 0 saturated carbocycles. The first kappa shape index (κ1) is 16.6. The summed E-state index contributed by atoms with van der Waals surface area (Å²) < 4.78 is 11.9. The van der Waals surface area contributed by atoms with E-state index in [0.29, 0.717) is 39.3 Å². The highest BCUT2D eigenvalue weighted by Crippen LogP contribution is 2.57. The summed E-state index contributed by atoms with van der Waals surface area (Å²) in [6.45, 7) is 0. The Morgan fingerprint density at radius 1 is 0.821 bits per heavy atom. The predicted octanol–water partition coefficient (Wildman–Crippen LogP) is 2.58. The molecule has 0 atom stereocenters. The van der Waals surface area contributed by atoms with Gasteiger partial charge in [0, 0.05) is 28.8 Å². The van der Waals surface area contributed by atoms with Crippen molar-refractivity contribution in [3.63, 3.8) is 0 Å². The third kappa shape index (κ3) is 2.08. The molecule has 2 heterocycles. The maximum atomic E-state index is 12.8. The third-order valence-corrected chi connectivity index (χ3v) is 5.18. The molecule has 0 amide bonds. The molecule has 2 aliphatic heterocycles. The van der Waals surface area contributed by atoms with Gasteiger partial charge in [-0.15, -0.1) is 0 Å². The van der Waals surface area contributed by atoms with Crippen molar-refractivity contribution in [3.05, 3.63) is 82.4 Å². The van der Waals surface area contributed by atoms with Gasteiger partial charge < -0.3 is 31.2 Å². The van der Waals surface area contributed by atoms with E-state index in [0.717, 1.165) is 0 Å². The number of aromatic hydroxyl groups is 2. The Labute approximate surface area is 159 Å². The number of rotatable bonds is 1. The van der Waals surface area contributed by atoms with E-state index < -0.39 is 17.7 Å². The fourth-order valence-corrected chi connectivity index (χ4v) is 3.93. The first-order valence-corrected chi connectivity index (χ1v) is 8.64. The Morgan fingerprint density at radius 2 is 1.39 bits per heavy atom. The molecule has 2 aliphatic rings. The Morgan fingerprint density at radius 3 is 1.96 bits per heavy atom. The minimum absolute atomic E-state index is 0.00602. The van der Waals surface area contributed by atoms with Gasteiger partial charge in [-0.05, 0) is 35.9 Å². The number of esters is 1.